The lowest BCUT2D eigenvalue weighted by Crippen LogP contribution is -2.41. The van der Waals surface area contributed by atoms with E-state index in [0.717, 1.165) is 65.0 Å². The van der Waals surface area contributed by atoms with Crippen LogP contribution in [0.5, 0.6) is 0 Å². The van der Waals surface area contributed by atoms with Crippen LogP contribution < -0.4 is 21.3 Å². The van der Waals surface area contributed by atoms with Crippen molar-refractivity contribution >= 4 is 11.8 Å². The van der Waals surface area contributed by atoms with E-state index < -0.39 is 12.2 Å². The lowest BCUT2D eigenvalue weighted by atomic mass is 10.1. The molecule has 0 saturated carbocycles. The van der Waals surface area contributed by atoms with Crippen LogP contribution in [0.15, 0.2) is 0 Å². The molecule has 2 unspecified atom stereocenters. The zero-order valence-electron chi connectivity index (χ0n) is 55.3. The minimum Gasteiger partial charge on any atom is -0.390 e. The first-order valence-corrected chi connectivity index (χ1v) is 36.6. The van der Waals surface area contributed by atoms with Gasteiger partial charge in [-0.3, -0.25) is 9.59 Å². The molecule has 0 aliphatic carbocycles. The monoisotopic (exact) mass is 1150 g/mol. The predicted molar refractivity (Wildman–Crippen MR) is 355 cm³/mol. The van der Waals surface area contributed by atoms with Crippen LogP contribution in [-0.2, 0) is 9.59 Å². The van der Waals surface area contributed by atoms with Crippen LogP contribution in [0.1, 0.15) is 355 Å². The molecule has 0 aromatic carbocycles. The Hall–Kier alpha value is -1.30. The van der Waals surface area contributed by atoms with Gasteiger partial charge in [0.2, 0.25) is 11.8 Å². The van der Waals surface area contributed by atoms with Crippen molar-refractivity contribution in [2.45, 2.75) is 367 Å². The maximum atomic E-state index is 12.6. The third-order valence-electron chi connectivity index (χ3n) is 17.1. The molecule has 2 amide bonds. The third kappa shape index (κ3) is 64.5. The number of rotatable bonds is 70. The fraction of sp³-hybridized carbons (Fsp3) is 0.972. The quantitative estimate of drug-likeness (QED) is 0.0332. The number of hydrogen-bond acceptors (Lipinski definition) is 8. The minimum atomic E-state index is -0.475. The van der Waals surface area contributed by atoms with E-state index >= 15 is 0 Å². The van der Waals surface area contributed by atoms with Gasteiger partial charge in [0.1, 0.15) is 0 Å². The van der Waals surface area contributed by atoms with E-state index in [0.29, 0.717) is 52.1 Å². The van der Waals surface area contributed by atoms with Gasteiger partial charge in [-0.1, -0.05) is 304 Å². The molecule has 0 radical (unpaired) electrons. The SMILES string of the molecule is CCCCCCCCCCCCCCNC(=O)CCNCC(O)CN(CCCCCCCCCCCCCC)CCCCN(CCCCCCCCCCCCCC)CC(O)CNCCC(=O)NCCCCCCCCCCCCC. The zero-order chi connectivity index (χ0) is 58.8. The topological polar surface area (TPSA) is 129 Å². The molecule has 6 N–H and O–H groups in total. The van der Waals surface area contributed by atoms with Crippen LogP contribution in [-0.4, -0.2) is 123 Å². The van der Waals surface area contributed by atoms with E-state index in [-0.39, 0.29) is 11.8 Å². The van der Waals surface area contributed by atoms with E-state index in [2.05, 4.69) is 58.8 Å². The molecule has 0 rings (SSSR count). The van der Waals surface area contributed by atoms with E-state index in [9.17, 15) is 19.8 Å². The van der Waals surface area contributed by atoms with Crippen LogP contribution in [0, 0.1) is 0 Å². The largest absolute Gasteiger partial charge is 0.390 e. The second-order valence-electron chi connectivity index (χ2n) is 25.4. The van der Waals surface area contributed by atoms with Crippen molar-refractivity contribution in [3.8, 4) is 0 Å². The molecule has 0 saturated heterocycles. The van der Waals surface area contributed by atoms with Crippen LogP contribution in [0.2, 0.25) is 0 Å². The number of aliphatic hydroxyl groups excluding tert-OH is 2. The molecular formula is C71H146N6O4. The van der Waals surface area contributed by atoms with Crippen molar-refractivity contribution in [1.29, 1.82) is 0 Å². The number of unbranched alkanes of at least 4 members (excludes halogenated alkanes) is 44. The van der Waals surface area contributed by atoms with Gasteiger partial charge in [-0.2, -0.15) is 0 Å². The van der Waals surface area contributed by atoms with Crippen LogP contribution >= 0.6 is 0 Å². The van der Waals surface area contributed by atoms with Gasteiger partial charge in [0.15, 0.2) is 0 Å². The molecule has 0 aliphatic heterocycles. The van der Waals surface area contributed by atoms with E-state index in [1.807, 2.05) is 0 Å². The maximum Gasteiger partial charge on any atom is 0.221 e. The second kappa shape index (κ2) is 67.8. The number of nitrogens with one attached hydrogen (secondary N) is 4. The number of aliphatic hydroxyl groups is 2. The molecule has 0 aromatic heterocycles. The molecule has 0 aromatic rings. The Bertz CT molecular complexity index is 1230. The van der Waals surface area contributed by atoms with Gasteiger partial charge >= 0.3 is 0 Å². The number of amides is 2. The van der Waals surface area contributed by atoms with Gasteiger partial charge in [0.25, 0.3) is 0 Å². The molecule has 0 heterocycles. The van der Waals surface area contributed by atoms with Crippen molar-refractivity contribution < 1.29 is 19.8 Å². The Balaban J connectivity index is 4.97. The predicted octanol–water partition coefficient (Wildman–Crippen LogP) is 17.7. The summed E-state index contributed by atoms with van der Waals surface area (Å²) in [5.41, 5.74) is 0. The fourth-order valence-corrected chi connectivity index (χ4v) is 11.7. The summed E-state index contributed by atoms with van der Waals surface area (Å²) in [5, 5.41) is 35.5. The number of carbonyl (C=O) groups is 2. The highest BCUT2D eigenvalue weighted by Gasteiger charge is 2.15. The Kier molecular flexibility index (Phi) is 66.7. The fourth-order valence-electron chi connectivity index (χ4n) is 11.7. The summed E-state index contributed by atoms with van der Waals surface area (Å²) < 4.78 is 0. The average Bonchev–Trinajstić information content (AvgIpc) is 3.46. The number of nitrogens with zero attached hydrogens (tertiary/aromatic N) is 2. The second-order valence-corrected chi connectivity index (χ2v) is 25.4. The first-order valence-electron chi connectivity index (χ1n) is 36.6. The van der Waals surface area contributed by atoms with Crippen molar-refractivity contribution in [2.24, 2.45) is 0 Å². The van der Waals surface area contributed by atoms with Crippen molar-refractivity contribution in [3.05, 3.63) is 0 Å². The first kappa shape index (κ1) is 79.7. The van der Waals surface area contributed by atoms with Crippen molar-refractivity contribution in [1.82, 2.24) is 31.1 Å². The Morgan fingerprint density at radius 2 is 0.481 bits per heavy atom. The van der Waals surface area contributed by atoms with Gasteiger partial charge in [-0.25, -0.2) is 0 Å². The highest BCUT2D eigenvalue weighted by molar-refractivity contribution is 5.76. The normalized spacial score (nSPS) is 12.5. The molecule has 10 nitrogen and oxygen atoms in total. The third-order valence-corrected chi connectivity index (χ3v) is 17.1. The van der Waals surface area contributed by atoms with Crippen LogP contribution in [0.4, 0.5) is 0 Å². The number of carbonyl (C=O) groups excluding carboxylic acids is 2. The van der Waals surface area contributed by atoms with E-state index in [1.165, 1.54) is 289 Å². The lowest BCUT2D eigenvalue weighted by Gasteiger charge is -2.27. The minimum absolute atomic E-state index is 0.105. The Morgan fingerprint density at radius 3 is 0.716 bits per heavy atom. The van der Waals surface area contributed by atoms with Crippen molar-refractivity contribution in [3.63, 3.8) is 0 Å². The lowest BCUT2D eigenvalue weighted by molar-refractivity contribution is -0.121. The Morgan fingerprint density at radius 1 is 0.284 bits per heavy atom. The summed E-state index contributed by atoms with van der Waals surface area (Å²) in [6.45, 7) is 18.1. The molecule has 0 fully saturated rings. The average molecular weight is 1150 g/mol. The molecule has 0 bridgehead atoms. The molecule has 2 atom stereocenters. The summed E-state index contributed by atoms with van der Waals surface area (Å²) in [5.74, 6) is 0.212. The standard InChI is InChI=1S/C71H146N6O4/c1-5-9-13-17-21-25-29-33-37-41-45-49-57-75-71(81)55-59-73-65-69(79)67-77(61-51-47-43-39-35-31-27-23-19-15-11-7-3)63-53-52-62-76(60-50-46-42-38-34-30-26-22-18-14-10-6-2)66-68(78)64-72-58-54-70(80)74-56-48-44-40-36-32-28-24-20-16-12-8-4/h68-69,72-73,78-79H,5-67H2,1-4H3,(H,74,80)(H,75,81). The number of hydrogen-bond donors (Lipinski definition) is 6. The van der Waals surface area contributed by atoms with Gasteiger partial charge in [-0.05, 0) is 64.7 Å². The van der Waals surface area contributed by atoms with Gasteiger partial charge in [0.05, 0.1) is 12.2 Å². The molecule has 10 heteroatoms. The summed E-state index contributed by atoms with van der Waals surface area (Å²) >= 11 is 0. The first-order chi connectivity index (χ1) is 39.9. The Labute approximate surface area is 506 Å². The smallest absolute Gasteiger partial charge is 0.221 e. The van der Waals surface area contributed by atoms with Gasteiger partial charge in [-0.15, -0.1) is 0 Å². The maximum absolute atomic E-state index is 12.6. The summed E-state index contributed by atoms with van der Waals surface area (Å²) in [4.78, 5) is 30.2. The van der Waals surface area contributed by atoms with E-state index in [4.69, 9.17) is 0 Å². The summed E-state index contributed by atoms with van der Waals surface area (Å²) in [7, 11) is 0. The van der Waals surface area contributed by atoms with Gasteiger partial charge in [0, 0.05) is 65.2 Å². The summed E-state index contributed by atoms with van der Waals surface area (Å²) in [6, 6.07) is 0. The molecule has 484 valence electrons. The van der Waals surface area contributed by atoms with Crippen LogP contribution in [0.25, 0.3) is 0 Å². The molecular weight excluding hydrogens is 1000 g/mol. The van der Waals surface area contributed by atoms with Gasteiger partial charge < -0.3 is 41.3 Å². The summed E-state index contributed by atoms with van der Waals surface area (Å²) in [6.07, 6.45) is 64.5. The van der Waals surface area contributed by atoms with E-state index in [1.54, 1.807) is 0 Å². The van der Waals surface area contributed by atoms with Crippen molar-refractivity contribution in [2.75, 3.05) is 78.5 Å². The zero-order valence-corrected chi connectivity index (χ0v) is 55.3. The molecule has 0 aliphatic rings. The molecule has 81 heavy (non-hydrogen) atoms. The van der Waals surface area contributed by atoms with Crippen LogP contribution in [0.3, 0.4) is 0 Å². The highest BCUT2D eigenvalue weighted by atomic mass is 16.3. The highest BCUT2D eigenvalue weighted by Crippen LogP contribution is 2.17. The molecule has 0 spiro atoms.